The van der Waals surface area contributed by atoms with Gasteiger partial charge in [-0.1, -0.05) is 42.5 Å². The molecule has 0 fully saturated rings. The molecule has 5 rings (SSSR count). The minimum Gasteiger partial charge on any atom is -0.486 e. The molecule has 1 aliphatic carbocycles. The van der Waals surface area contributed by atoms with Crippen LogP contribution in [-0.2, 0) is 6.42 Å². The van der Waals surface area contributed by atoms with Crippen molar-refractivity contribution >= 4 is 5.57 Å². The van der Waals surface area contributed by atoms with Crippen LogP contribution in [0.15, 0.2) is 48.5 Å². The van der Waals surface area contributed by atoms with E-state index < -0.39 is 0 Å². The summed E-state index contributed by atoms with van der Waals surface area (Å²) in [5.74, 6) is 1.73. The highest BCUT2D eigenvalue weighted by Gasteiger charge is 2.35. The van der Waals surface area contributed by atoms with Crippen molar-refractivity contribution in [3.63, 3.8) is 0 Å². The number of benzene rings is 2. The molecule has 4 nitrogen and oxygen atoms in total. The third kappa shape index (κ3) is 2.61. The maximum Gasteiger partial charge on any atom is 0.168 e. The number of nitrogens with zero attached hydrogens (tertiary/aromatic N) is 1. The Hall–Kier alpha value is -2.30. The number of hydrogen-bond acceptors (Lipinski definition) is 4. The fourth-order valence-electron chi connectivity index (χ4n) is 4.44. The van der Waals surface area contributed by atoms with Gasteiger partial charge in [0.05, 0.1) is 6.10 Å². The van der Waals surface area contributed by atoms with Crippen LogP contribution in [0, 0.1) is 0 Å². The third-order valence-corrected chi connectivity index (χ3v) is 5.79. The van der Waals surface area contributed by atoms with E-state index in [1.807, 2.05) is 18.2 Å². The second kappa shape index (κ2) is 6.45. The number of hydrogen-bond donors (Lipinski definition) is 1. The summed E-state index contributed by atoms with van der Waals surface area (Å²) in [6.45, 7) is 3.03. The minimum absolute atomic E-state index is 0.175. The van der Waals surface area contributed by atoms with Gasteiger partial charge in [-0.25, -0.2) is 0 Å². The monoisotopic (exact) mass is 349 g/mol. The third-order valence-electron chi connectivity index (χ3n) is 5.79. The van der Waals surface area contributed by atoms with Crippen LogP contribution >= 0.6 is 0 Å². The van der Waals surface area contributed by atoms with Crippen molar-refractivity contribution < 1.29 is 14.6 Å². The van der Waals surface area contributed by atoms with Crippen LogP contribution < -0.4 is 9.47 Å². The lowest BCUT2D eigenvalue weighted by Gasteiger charge is -2.34. The molecule has 2 aromatic rings. The van der Waals surface area contributed by atoms with Gasteiger partial charge in [-0.3, -0.25) is 4.90 Å². The van der Waals surface area contributed by atoms with Crippen LogP contribution in [0.3, 0.4) is 0 Å². The van der Waals surface area contributed by atoms with Gasteiger partial charge in [-0.2, -0.15) is 0 Å². The Labute approximate surface area is 153 Å². The highest BCUT2D eigenvalue weighted by Crippen LogP contribution is 2.40. The van der Waals surface area contributed by atoms with Gasteiger partial charge in [0.25, 0.3) is 0 Å². The topological polar surface area (TPSA) is 41.9 Å². The Morgan fingerprint density at radius 1 is 1.00 bits per heavy atom. The Balaban J connectivity index is 1.36. The molecule has 0 unspecified atom stereocenters. The van der Waals surface area contributed by atoms with Gasteiger partial charge in [-0.15, -0.1) is 0 Å². The number of para-hydroxylation sites is 1. The van der Waals surface area contributed by atoms with Gasteiger partial charge in [0, 0.05) is 24.7 Å². The molecular formula is C22H23NO3. The highest BCUT2D eigenvalue weighted by atomic mass is 16.6. The maximum atomic E-state index is 10.7. The van der Waals surface area contributed by atoms with Gasteiger partial charge >= 0.3 is 0 Å². The van der Waals surface area contributed by atoms with Crippen molar-refractivity contribution in [1.29, 1.82) is 0 Å². The van der Waals surface area contributed by atoms with Crippen molar-refractivity contribution in [2.45, 2.75) is 25.0 Å². The zero-order valence-corrected chi connectivity index (χ0v) is 14.7. The molecule has 26 heavy (non-hydrogen) atoms. The van der Waals surface area contributed by atoms with E-state index in [1.165, 1.54) is 11.1 Å². The predicted molar refractivity (Wildman–Crippen MR) is 100 cm³/mol. The lowest BCUT2D eigenvalue weighted by atomic mass is 9.96. The first kappa shape index (κ1) is 15.9. The first-order valence-corrected chi connectivity index (χ1v) is 9.39. The van der Waals surface area contributed by atoms with E-state index in [0.29, 0.717) is 13.2 Å². The Morgan fingerprint density at radius 3 is 2.73 bits per heavy atom. The lowest BCUT2D eigenvalue weighted by molar-refractivity contribution is 0.0669. The second-order valence-electron chi connectivity index (χ2n) is 7.22. The first-order valence-electron chi connectivity index (χ1n) is 9.39. The molecule has 0 saturated heterocycles. The summed E-state index contributed by atoms with van der Waals surface area (Å²) in [7, 11) is 0. The first-order chi connectivity index (χ1) is 12.8. The number of rotatable bonds is 2. The summed E-state index contributed by atoms with van der Waals surface area (Å²) >= 11 is 0. The zero-order chi connectivity index (χ0) is 17.5. The molecular weight excluding hydrogens is 326 g/mol. The van der Waals surface area contributed by atoms with E-state index in [1.54, 1.807) is 0 Å². The van der Waals surface area contributed by atoms with Crippen molar-refractivity contribution in [2.75, 3.05) is 26.3 Å². The number of ether oxygens (including phenoxy) is 2. The van der Waals surface area contributed by atoms with Gasteiger partial charge in [-0.05, 0) is 35.6 Å². The van der Waals surface area contributed by atoms with Crippen molar-refractivity contribution in [3.8, 4) is 11.5 Å². The van der Waals surface area contributed by atoms with E-state index in [9.17, 15) is 5.11 Å². The quantitative estimate of drug-likeness (QED) is 0.904. The molecule has 134 valence electrons. The van der Waals surface area contributed by atoms with E-state index in [4.69, 9.17) is 9.47 Å². The van der Waals surface area contributed by atoms with Gasteiger partial charge in [0.15, 0.2) is 11.5 Å². The number of aliphatic hydroxyl groups is 1. The normalized spacial score (nSPS) is 24.9. The summed E-state index contributed by atoms with van der Waals surface area (Å²) in [6.07, 6.45) is 3.78. The zero-order valence-electron chi connectivity index (χ0n) is 14.7. The smallest absolute Gasteiger partial charge is 0.168 e. The molecule has 1 N–H and O–H groups in total. The molecule has 2 aliphatic heterocycles. The largest absolute Gasteiger partial charge is 0.486 e. The van der Waals surface area contributed by atoms with Gasteiger partial charge in [0.2, 0.25) is 0 Å². The SMILES string of the molecule is O[C@H]1c2ccccc2C[C@H]1N1CC=C(c2cccc3c2OCCO3)CC1. The Kier molecular flexibility index (Phi) is 3.95. The summed E-state index contributed by atoms with van der Waals surface area (Å²) in [5, 5.41) is 10.7. The molecule has 0 bridgehead atoms. The molecule has 0 spiro atoms. The molecule has 4 heteroatoms. The van der Waals surface area contributed by atoms with E-state index in [2.05, 4.69) is 35.2 Å². The molecule has 0 radical (unpaired) electrons. The summed E-state index contributed by atoms with van der Waals surface area (Å²) < 4.78 is 11.6. The van der Waals surface area contributed by atoms with Crippen LogP contribution in [0.1, 0.15) is 29.2 Å². The molecule has 0 amide bonds. The van der Waals surface area contributed by atoms with E-state index >= 15 is 0 Å². The summed E-state index contributed by atoms with van der Waals surface area (Å²) in [5.41, 5.74) is 4.84. The highest BCUT2D eigenvalue weighted by molar-refractivity contribution is 5.74. The second-order valence-corrected chi connectivity index (χ2v) is 7.22. The molecule has 0 saturated carbocycles. The Bertz CT molecular complexity index is 860. The summed E-state index contributed by atoms with van der Waals surface area (Å²) in [4.78, 5) is 2.40. The average Bonchev–Trinajstić information content (AvgIpc) is 3.05. The molecule has 2 atom stereocenters. The number of fused-ring (bicyclic) bond motifs is 2. The van der Waals surface area contributed by atoms with Crippen LogP contribution in [-0.4, -0.2) is 42.4 Å². The van der Waals surface area contributed by atoms with Crippen molar-refractivity contribution in [2.24, 2.45) is 0 Å². The summed E-state index contributed by atoms with van der Waals surface area (Å²) in [6, 6.07) is 14.6. The minimum atomic E-state index is -0.387. The van der Waals surface area contributed by atoms with Crippen LogP contribution in [0.2, 0.25) is 0 Å². The van der Waals surface area contributed by atoms with Crippen LogP contribution in [0.5, 0.6) is 11.5 Å². The fraction of sp³-hybridized carbons (Fsp3) is 0.364. The standard InChI is InChI=1S/C22H23NO3/c24-21-17-5-2-1-4-16(17)14-19(21)23-10-8-15(9-11-23)18-6-3-7-20-22(18)26-13-12-25-20/h1-8,19,21,24H,9-14H2/t19-,21+/m1/s1. The van der Waals surface area contributed by atoms with Gasteiger partial charge in [0.1, 0.15) is 13.2 Å². The van der Waals surface area contributed by atoms with E-state index in [-0.39, 0.29) is 12.1 Å². The number of aliphatic hydroxyl groups excluding tert-OH is 1. The molecule has 3 aliphatic rings. The molecule has 2 aromatic carbocycles. The molecule has 0 aromatic heterocycles. The van der Waals surface area contributed by atoms with Gasteiger partial charge < -0.3 is 14.6 Å². The van der Waals surface area contributed by atoms with E-state index in [0.717, 1.165) is 48.6 Å². The van der Waals surface area contributed by atoms with Crippen LogP contribution in [0.25, 0.3) is 5.57 Å². The van der Waals surface area contributed by atoms with Crippen LogP contribution in [0.4, 0.5) is 0 Å². The lowest BCUT2D eigenvalue weighted by Crippen LogP contribution is -2.40. The van der Waals surface area contributed by atoms with Crippen molar-refractivity contribution in [3.05, 3.63) is 65.2 Å². The molecule has 2 heterocycles. The predicted octanol–water partition coefficient (Wildman–Crippen LogP) is 3.21. The van der Waals surface area contributed by atoms with Crippen molar-refractivity contribution in [1.82, 2.24) is 4.90 Å². The fourth-order valence-corrected chi connectivity index (χ4v) is 4.44. The average molecular weight is 349 g/mol. The maximum absolute atomic E-state index is 10.7. The Morgan fingerprint density at radius 2 is 1.88 bits per heavy atom.